The molecule has 0 bridgehead atoms. The molecule has 2 rings (SSSR count). The van der Waals surface area contributed by atoms with Crippen LogP contribution < -0.4 is 16.0 Å². The van der Waals surface area contributed by atoms with Crippen LogP contribution >= 0.6 is 0 Å². The van der Waals surface area contributed by atoms with Crippen molar-refractivity contribution in [2.45, 2.75) is 39.3 Å². The Morgan fingerprint density at radius 2 is 1.72 bits per heavy atom. The van der Waals surface area contributed by atoms with Crippen molar-refractivity contribution in [1.82, 2.24) is 15.6 Å². The fraction of sp³-hybridized carbons (Fsp3) is 0.333. The van der Waals surface area contributed by atoms with E-state index in [1.807, 2.05) is 12.1 Å². The number of benzene rings is 1. The molecule has 0 aliphatic carbocycles. The highest BCUT2D eigenvalue weighted by Crippen LogP contribution is 2.15. The third-order valence-corrected chi connectivity index (χ3v) is 3.65. The van der Waals surface area contributed by atoms with Gasteiger partial charge in [0.1, 0.15) is 11.3 Å². The minimum absolute atomic E-state index is 0.0911. The number of hydrogen-bond acceptors (Lipinski definition) is 5. The van der Waals surface area contributed by atoms with Gasteiger partial charge >= 0.3 is 6.09 Å². The lowest BCUT2D eigenvalue weighted by Crippen LogP contribution is -2.34. The number of nitrogens with one attached hydrogen (secondary N) is 3. The summed E-state index contributed by atoms with van der Waals surface area (Å²) in [5.74, 6) is -0.558. The van der Waals surface area contributed by atoms with E-state index in [0.29, 0.717) is 11.4 Å². The molecule has 1 heterocycles. The number of carbonyl (C=O) groups excluding carboxylic acids is 3. The minimum Gasteiger partial charge on any atom is -0.444 e. The molecule has 0 saturated carbocycles. The molecule has 8 nitrogen and oxygen atoms in total. The third kappa shape index (κ3) is 8.00. The van der Waals surface area contributed by atoms with Crippen molar-refractivity contribution in [2.24, 2.45) is 0 Å². The van der Waals surface area contributed by atoms with Gasteiger partial charge in [0.25, 0.3) is 5.91 Å². The Morgan fingerprint density at radius 1 is 1.00 bits per heavy atom. The zero-order valence-electron chi connectivity index (χ0n) is 16.8. The molecular weight excluding hydrogens is 372 g/mol. The van der Waals surface area contributed by atoms with E-state index in [2.05, 4.69) is 20.9 Å². The van der Waals surface area contributed by atoms with Crippen LogP contribution in [0.4, 0.5) is 10.5 Å². The highest BCUT2D eigenvalue weighted by Gasteiger charge is 2.16. The number of anilines is 1. The highest BCUT2D eigenvalue weighted by atomic mass is 16.6. The van der Waals surface area contributed by atoms with Gasteiger partial charge in [-0.1, -0.05) is 24.3 Å². The Labute approximate surface area is 170 Å². The number of ether oxygens (including phenoxy) is 1. The molecule has 3 N–H and O–H groups in total. The van der Waals surface area contributed by atoms with Gasteiger partial charge < -0.3 is 20.7 Å². The van der Waals surface area contributed by atoms with E-state index in [1.165, 1.54) is 0 Å². The first-order valence-electron chi connectivity index (χ1n) is 9.28. The number of pyridine rings is 1. The van der Waals surface area contributed by atoms with Crippen LogP contribution in [0.2, 0.25) is 0 Å². The zero-order valence-corrected chi connectivity index (χ0v) is 16.8. The van der Waals surface area contributed by atoms with E-state index in [1.54, 1.807) is 57.3 Å². The van der Waals surface area contributed by atoms with E-state index in [-0.39, 0.29) is 31.3 Å². The summed E-state index contributed by atoms with van der Waals surface area (Å²) in [6, 6.07) is 12.3. The third-order valence-electron chi connectivity index (χ3n) is 3.65. The van der Waals surface area contributed by atoms with Crippen LogP contribution in [0.3, 0.4) is 0 Å². The standard InChI is InChI=1S/C21H26N4O4/c1-21(2,3)29-20(28)23-13-11-18(26)25-16-9-5-4-8-15(16)14-24-19(27)17-10-6-7-12-22-17/h4-10,12H,11,13-14H2,1-3H3,(H,23,28)(H,24,27)(H,25,26). The molecular formula is C21H26N4O4. The van der Waals surface area contributed by atoms with Gasteiger partial charge in [-0.25, -0.2) is 4.79 Å². The molecule has 29 heavy (non-hydrogen) atoms. The molecule has 0 fully saturated rings. The Morgan fingerprint density at radius 3 is 2.41 bits per heavy atom. The van der Waals surface area contributed by atoms with Gasteiger partial charge in [0.2, 0.25) is 5.91 Å². The SMILES string of the molecule is CC(C)(C)OC(=O)NCCC(=O)Nc1ccccc1CNC(=O)c1ccccn1. The molecule has 0 unspecified atom stereocenters. The van der Waals surface area contributed by atoms with Crippen molar-refractivity contribution < 1.29 is 19.1 Å². The average Bonchev–Trinajstić information content (AvgIpc) is 2.66. The molecule has 1 aromatic carbocycles. The maximum absolute atomic E-state index is 12.2. The molecule has 3 amide bonds. The van der Waals surface area contributed by atoms with Gasteiger partial charge in [-0.15, -0.1) is 0 Å². The molecule has 154 valence electrons. The smallest absolute Gasteiger partial charge is 0.407 e. The van der Waals surface area contributed by atoms with Crippen molar-refractivity contribution in [2.75, 3.05) is 11.9 Å². The van der Waals surface area contributed by atoms with E-state index < -0.39 is 11.7 Å². The van der Waals surface area contributed by atoms with Gasteiger partial charge in [0, 0.05) is 31.4 Å². The van der Waals surface area contributed by atoms with Crippen LogP contribution in [0.15, 0.2) is 48.7 Å². The maximum Gasteiger partial charge on any atom is 0.407 e. The number of aromatic nitrogens is 1. The summed E-state index contributed by atoms with van der Waals surface area (Å²) >= 11 is 0. The second-order valence-electron chi connectivity index (χ2n) is 7.28. The number of para-hydroxylation sites is 1. The Hall–Kier alpha value is -3.42. The molecule has 0 aliphatic rings. The Balaban J connectivity index is 1.84. The zero-order chi connectivity index (χ0) is 21.3. The average molecular weight is 398 g/mol. The normalized spacial score (nSPS) is 10.7. The van der Waals surface area contributed by atoms with Crippen molar-refractivity contribution in [1.29, 1.82) is 0 Å². The first kappa shape index (κ1) is 21.9. The molecule has 2 aromatic rings. The lowest BCUT2D eigenvalue weighted by molar-refractivity contribution is -0.116. The van der Waals surface area contributed by atoms with Crippen molar-refractivity contribution in [3.05, 3.63) is 59.9 Å². The molecule has 0 atom stereocenters. The number of amides is 3. The van der Waals surface area contributed by atoms with E-state index in [4.69, 9.17) is 4.74 Å². The second-order valence-corrected chi connectivity index (χ2v) is 7.28. The number of rotatable bonds is 7. The van der Waals surface area contributed by atoms with Crippen LogP contribution in [0.5, 0.6) is 0 Å². The quantitative estimate of drug-likeness (QED) is 0.664. The van der Waals surface area contributed by atoms with Gasteiger partial charge in [0.05, 0.1) is 0 Å². The van der Waals surface area contributed by atoms with Gasteiger partial charge in [-0.3, -0.25) is 14.6 Å². The molecule has 0 aliphatic heterocycles. The monoisotopic (exact) mass is 398 g/mol. The largest absolute Gasteiger partial charge is 0.444 e. The maximum atomic E-state index is 12.2. The summed E-state index contributed by atoms with van der Waals surface area (Å²) in [4.78, 5) is 39.9. The lowest BCUT2D eigenvalue weighted by atomic mass is 10.1. The first-order valence-corrected chi connectivity index (χ1v) is 9.28. The van der Waals surface area contributed by atoms with Crippen LogP contribution in [-0.2, 0) is 16.1 Å². The van der Waals surface area contributed by atoms with Crippen LogP contribution in [0.1, 0.15) is 43.2 Å². The predicted molar refractivity (Wildman–Crippen MR) is 109 cm³/mol. The van der Waals surface area contributed by atoms with Crippen molar-refractivity contribution in [3.63, 3.8) is 0 Å². The molecule has 0 radical (unpaired) electrons. The fourth-order valence-electron chi connectivity index (χ4n) is 2.36. The first-order chi connectivity index (χ1) is 13.7. The Bertz CT molecular complexity index is 847. The topological polar surface area (TPSA) is 109 Å². The number of carbonyl (C=O) groups is 3. The van der Waals surface area contributed by atoms with Gasteiger partial charge in [-0.05, 0) is 44.5 Å². The van der Waals surface area contributed by atoms with Crippen LogP contribution in [-0.4, -0.2) is 35.0 Å². The van der Waals surface area contributed by atoms with Crippen LogP contribution in [0, 0.1) is 0 Å². The minimum atomic E-state index is -0.592. The van der Waals surface area contributed by atoms with Crippen molar-refractivity contribution >= 4 is 23.6 Å². The summed E-state index contributed by atoms with van der Waals surface area (Å²) < 4.78 is 5.12. The fourth-order valence-corrected chi connectivity index (χ4v) is 2.36. The predicted octanol–water partition coefficient (Wildman–Crippen LogP) is 2.86. The lowest BCUT2D eigenvalue weighted by Gasteiger charge is -2.19. The summed E-state index contributed by atoms with van der Waals surface area (Å²) in [5, 5.41) is 8.12. The number of nitrogens with zero attached hydrogens (tertiary/aromatic N) is 1. The molecule has 0 saturated heterocycles. The van der Waals surface area contributed by atoms with Gasteiger partial charge in [-0.2, -0.15) is 0 Å². The Kier molecular flexibility index (Phi) is 7.70. The molecule has 1 aromatic heterocycles. The van der Waals surface area contributed by atoms with Gasteiger partial charge in [0.15, 0.2) is 0 Å². The van der Waals surface area contributed by atoms with Crippen molar-refractivity contribution in [3.8, 4) is 0 Å². The summed E-state index contributed by atoms with van der Waals surface area (Å²) in [7, 11) is 0. The summed E-state index contributed by atoms with van der Waals surface area (Å²) in [6.45, 7) is 5.69. The number of hydrogen-bond donors (Lipinski definition) is 3. The summed E-state index contributed by atoms with van der Waals surface area (Å²) in [5.41, 5.74) is 1.08. The molecule has 8 heteroatoms. The van der Waals surface area contributed by atoms with E-state index in [9.17, 15) is 14.4 Å². The summed E-state index contributed by atoms with van der Waals surface area (Å²) in [6.07, 6.45) is 1.07. The highest BCUT2D eigenvalue weighted by molar-refractivity contribution is 5.93. The van der Waals surface area contributed by atoms with Crippen LogP contribution in [0.25, 0.3) is 0 Å². The van der Waals surface area contributed by atoms with E-state index in [0.717, 1.165) is 5.56 Å². The number of alkyl carbamates (subject to hydrolysis) is 1. The molecule has 0 spiro atoms. The van der Waals surface area contributed by atoms with E-state index >= 15 is 0 Å². The second kappa shape index (κ2) is 10.2.